The average molecular weight is 422 g/mol. The third kappa shape index (κ3) is 3.37. The van der Waals surface area contributed by atoms with Crippen LogP contribution in [0.15, 0.2) is 47.8 Å². The van der Waals surface area contributed by atoms with Gasteiger partial charge in [-0.15, -0.1) is 0 Å². The van der Waals surface area contributed by atoms with Gasteiger partial charge >= 0.3 is 0 Å². The fourth-order valence-corrected chi connectivity index (χ4v) is 4.16. The van der Waals surface area contributed by atoms with E-state index in [4.69, 9.17) is 9.47 Å². The molecule has 0 saturated carbocycles. The van der Waals surface area contributed by atoms with Crippen LogP contribution in [0.2, 0.25) is 0 Å². The summed E-state index contributed by atoms with van der Waals surface area (Å²) in [6.45, 7) is 4.10. The molecule has 8 heteroatoms. The minimum absolute atomic E-state index is 0.172. The third-order valence-electron chi connectivity index (χ3n) is 5.53. The van der Waals surface area contributed by atoms with Crippen LogP contribution in [0.1, 0.15) is 44.0 Å². The van der Waals surface area contributed by atoms with E-state index in [9.17, 15) is 9.90 Å². The maximum Gasteiger partial charge on any atom is 0.288 e. The number of hydrogen-bond acceptors (Lipinski definition) is 7. The van der Waals surface area contributed by atoms with Crippen molar-refractivity contribution < 1.29 is 19.4 Å². The number of likely N-dealkylation sites (N-methyl/N-ethyl adjacent to an activating group) is 1. The van der Waals surface area contributed by atoms with Crippen molar-refractivity contribution in [2.75, 3.05) is 30.6 Å². The van der Waals surface area contributed by atoms with Crippen LogP contribution < -0.4 is 14.5 Å². The number of aliphatic hydroxyl groups is 1. The van der Waals surface area contributed by atoms with E-state index in [0.717, 1.165) is 41.2 Å². The number of methoxy groups -OCH3 is 1. The van der Waals surface area contributed by atoms with Crippen molar-refractivity contribution in [1.29, 1.82) is 0 Å². The second kappa shape index (κ2) is 8.29. The van der Waals surface area contributed by atoms with E-state index < -0.39 is 6.04 Å². The number of aliphatic hydroxyl groups excluding tert-OH is 1. The van der Waals surface area contributed by atoms with Crippen LogP contribution in [0.25, 0.3) is 6.08 Å². The highest BCUT2D eigenvalue weighted by Gasteiger charge is 2.46. The molecule has 0 radical (unpaired) electrons. The molecule has 1 aromatic carbocycles. The van der Waals surface area contributed by atoms with Crippen molar-refractivity contribution in [2.45, 2.75) is 32.7 Å². The van der Waals surface area contributed by atoms with Gasteiger partial charge in [-0.05, 0) is 43.7 Å². The van der Waals surface area contributed by atoms with E-state index in [0.29, 0.717) is 5.82 Å². The molecule has 0 saturated heterocycles. The number of rotatable bonds is 6. The molecular formula is C23H26N4O4. The summed E-state index contributed by atoms with van der Waals surface area (Å²) in [5, 5.41) is 10.8. The van der Waals surface area contributed by atoms with Crippen LogP contribution in [-0.2, 0) is 9.53 Å². The van der Waals surface area contributed by atoms with Gasteiger partial charge in [0, 0.05) is 24.0 Å². The molecule has 1 unspecified atom stereocenters. The number of carbonyl (C=O) groups is 1. The topological polar surface area (TPSA) is 88.0 Å². The summed E-state index contributed by atoms with van der Waals surface area (Å²) < 4.78 is 10.7. The summed E-state index contributed by atoms with van der Waals surface area (Å²) in [6.07, 6.45) is 5.18. The van der Waals surface area contributed by atoms with Gasteiger partial charge in [-0.1, -0.05) is 13.3 Å². The second-order valence-electron chi connectivity index (χ2n) is 7.37. The van der Waals surface area contributed by atoms with E-state index in [1.165, 1.54) is 11.2 Å². The number of anilines is 2. The fraction of sp³-hybridized carbons (Fsp3) is 0.348. The Kier molecular flexibility index (Phi) is 5.54. The quantitative estimate of drug-likeness (QED) is 0.557. The van der Waals surface area contributed by atoms with Gasteiger partial charge in [-0.2, -0.15) is 0 Å². The molecule has 1 atom stereocenters. The Morgan fingerprint density at radius 3 is 2.58 bits per heavy atom. The highest BCUT2D eigenvalue weighted by atomic mass is 16.6. The van der Waals surface area contributed by atoms with Crippen LogP contribution in [0.3, 0.4) is 0 Å². The number of benzene rings is 1. The van der Waals surface area contributed by atoms with Gasteiger partial charge in [-0.3, -0.25) is 9.69 Å². The number of hydrogen-bond donors (Lipinski definition) is 1. The third-order valence-corrected chi connectivity index (χ3v) is 5.53. The molecule has 162 valence electrons. The first-order chi connectivity index (χ1) is 15.0. The van der Waals surface area contributed by atoms with Crippen molar-refractivity contribution in [1.82, 2.24) is 9.97 Å². The Morgan fingerprint density at radius 2 is 1.94 bits per heavy atom. The molecule has 0 spiro atoms. The number of aromatic nitrogens is 2. The molecule has 31 heavy (non-hydrogen) atoms. The molecule has 0 bridgehead atoms. The van der Waals surface area contributed by atoms with Crippen LogP contribution in [0, 0.1) is 0 Å². The maximum absolute atomic E-state index is 13.4. The molecule has 1 amide bonds. The zero-order valence-corrected chi connectivity index (χ0v) is 18.1. The smallest absolute Gasteiger partial charge is 0.288 e. The SMILES string of the molecule is CCCC1=Cc2ncnc3c2C(/C(=C(\O)OCC)C(=O)N3C)N1c1ccc(OC)cc1. The summed E-state index contributed by atoms with van der Waals surface area (Å²) in [7, 11) is 3.26. The van der Waals surface area contributed by atoms with Crippen LogP contribution in [-0.4, -0.2) is 41.7 Å². The van der Waals surface area contributed by atoms with Gasteiger partial charge in [0.25, 0.3) is 11.9 Å². The summed E-state index contributed by atoms with van der Waals surface area (Å²) in [6, 6.07) is 7.02. The molecule has 2 aromatic rings. The van der Waals surface area contributed by atoms with Gasteiger partial charge in [0.1, 0.15) is 29.5 Å². The Hall–Kier alpha value is -3.55. The van der Waals surface area contributed by atoms with Crippen LogP contribution in [0.4, 0.5) is 11.5 Å². The highest BCUT2D eigenvalue weighted by molar-refractivity contribution is 6.10. The van der Waals surface area contributed by atoms with Gasteiger partial charge in [-0.25, -0.2) is 9.97 Å². The predicted octanol–water partition coefficient (Wildman–Crippen LogP) is 3.97. The van der Waals surface area contributed by atoms with E-state index in [-0.39, 0.29) is 24.0 Å². The lowest BCUT2D eigenvalue weighted by atomic mass is 9.86. The molecule has 1 N–H and O–H groups in total. The zero-order chi connectivity index (χ0) is 22.1. The minimum Gasteiger partial charge on any atom is -0.497 e. The van der Waals surface area contributed by atoms with Crippen LogP contribution >= 0.6 is 0 Å². The number of amides is 1. The van der Waals surface area contributed by atoms with E-state index in [1.54, 1.807) is 21.1 Å². The Morgan fingerprint density at radius 1 is 1.19 bits per heavy atom. The number of carbonyl (C=O) groups excluding carboxylic acids is 1. The normalized spacial score (nSPS) is 19.0. The lowest BCUT2D eigenvalue weighted by molar-refractivity contribution is -0.116. The minimum atomic E-state index is -0.610. The first-order valence-corrected chi connectivity index (χ1v) is 10.3. The molecule has 3 heterocycles. The van der Waals surface area contributed by atoms with Crippen molar-refractivity contribution >= 4 is 23.5 Å². The molecule has 4 rings (SSSR count). The monoisotopic (exact) mass is 422 g/mol. The number of allylic oxidation sites excluding steroid dienone is 1. The lowest BCUT2D eigenvalue weighted by Crippen LogP contribution is -2.45. The number of nitrogens with zero attached hydrogens (tertiary/aromatic N) is 4. The van der Waals surface area contributed by atoms with Gasteiger partial charge < -0.3 is 19.5 Å². The molecular weight excluding hydrogens is 396 g/mol. The zero-order valence-electron chi connectivity index (χ0n) is 18.1. The van der Waals surface area contributed by atoms with Crippen molar-refractivity contribution in [3.8, 4) is 5.75 Å². The summed E-state index contributed by atoms with van der Waals surface area (Å²) >= 11 is 0. The maximum atomic E-state index is 13.4. The van der Waals surface area contributed by atoms with E-state index >= 15 is 0 Å². The first-order valence-electron chi connectivity index (χ1n) is 10.3. The van der Waals surface area contributed by atoms with Gasteiger partial charge in [0.05, 0.1) is 19.4 Å². The fourth-order valence-electron chi connectivity index (χ4n) is 4.16. The van der Waals surface area contributed by atoms with Gasteiger partial charge in [0.15, 0.2) is 0 Å². The number of ether oxygens (including phenoxy) is 2. The van der Waals surface area contributed by atoms with E-state index in [2.05, 4.69) is 21.8 Å². The summed E-state index contributed by atoms with van der Waals surface area (Å²) in [5.74, 6) is 0.530. The van der Waals surface area contributed by atoms with Crippen molar-refractivity contribution in [3.05, 3.63) is 59.1 Å². The Balaban J connectivity index is 2.00. The van der Waals surface area contributed by atoms with Crippen molar-refractivity contribution in [2.24, 2.45) is 0 Å². The highest BCUT2D eigenvalue weighted by Crippen LogP contribution is 2.49. The molecule has 0 fully saturated rings. The standard InChI is InChI=1S/C23H26N4O4/c1-5-7-15-12-17-18-20(27(15)14-8-10-16(30-4)11-9-14)19(23(29)31-6-2)22(28)26(3)21(18)25-13-24-17/h8-13,20,29H,5-7H2,1-4H3/b23-19-. The molecule has 0 aliphatic carbocycles. The Labute approximate surface area is 181 Å². The predicted molar refractivity (Wildman–Crippen MR) is 118 cm³/mol. The lowest BCUT2D eigenvalue weighted by Gasteiger charge is -2.44. The van der Waals surface area contributed by atoms with E-state index in [1.807, 2.05) is 30.3 Å². The first kappa shape index (κ1) is 20.7. The Bertz CT molecular complexity index is 1060. The molecule has 8 nitrogen and oxygen atoms in total. The largest absolute Gasteiger partial charge is 0.497 e. The van der Waals surface area contributed by atoms with Crippen molar-refractivity contribution in [3.63, 3.8) is 0 Å². The molecule has 2 aliphatic rings. The molecule has 1 aromatic heterocycles. The van der Waals surface area contributed by atoms with Gasteiger partial charge in [0.2, 0.25) is 0 Å². The van der Waals surface area contributed by atoms with Crippen LogP contribution in [0.5, 0.6) is 5.75 Å². The second-order valence-corrected chi connectivity index (χ2v) is 7.37. The molecule has 2 aliphatic heterocycles. The summed E-state index contributed by atoms with van der Waals surface area (Å²) in [5.41, 5.74) is 3.54. The summed E-state index contributed by atoms with van der Waals surface area (Å²) in [4.78, 5) is 25.7. The average Bonchev–Trinajstić information content (AvgIpc) is 2.78.